The Balaban J connectivity index is 0.00000131. The van der Waals surface area contributed by atoms with Crippen molar-refractivity contribution in [2.24, 2.45) is 0 Å². The number of fused-ring (bicyclic) bond motifs is 1. The lowest BCUT2D eigenvalue weighted by Crippen LogP contribution is -2.46. The smallest absolute Gasteiger partial charge is 0.231 e. The van der Waals surface area contributed by atoms with Crippen LogP contribution >= 0.6 is 24.8 Å². The van der Waals surface area contributed by atoms with Crippen LogP contribution in [0.5, 0.6) is 17.2 Å². The fourth-order valence-corrected chi connectivity index (χ4v) is 3.31. The van der Waals surface area contributed by atoms with Gasteiger partial charge in [0.05, 0.1) is 6.61 Å². The predicted molar refractivity (Wildman–Crippen MR) is 112 cm³/mol. The summed E-state index contributed by atoms with van der Waals surface area (Å²) in [5.41, 5.74) is 1.33. The molecular formula is C20H26Cl2N2O3. The van der Waals surface area contributed by atoms with Crippen molar-refractivity contribution in [2.75, 3.05) is 51.0 Å². The van der Waals surface area contributed by atoms with Crippen molar-refractivity contribution in [3.05, 3.63) is 48.5 Å². The van der Waals surface area contributed by atoms with Crippen LogP contribution in [0, 0.1) is 0 Å². The van der Waals surface area contributed by atoms with Crippen LogP contribution in [0.1, 0.15) is 6.42 Å². The van der Waals surface area contributed by atoms with E-state index in [1.165, 1.54) is 5.69 Å². The van der Waals surface area contributed by atoms with Gasteiger partial charge in [-0.3, -0.25) is 4.90 Å². The maximum absolute atomic E-state index is 5.84. The summed E-state index contributed by atoms with van der Waals surface area (Å²) in [6, 6.07) is 16.4. The number of rotatable bonds is 6. The van der Waals surface area contributed by atoms with Crippen LogP contribution in [0.15, 0.2) is 48.5 Å². The first-order valence-corrected chi connectivity index (χ1v) is 8.93. The van der Waals surface area contributed by atoms with Gasteiger partial charge in [-0.25, -0.2) is 0 Å². The fraction of sp³-hybridized carbons (Fsp3) is 0.400. The molecule has 0 saturated carbocycles. The third-order valence-corrected chi connectivity index (χ3v) is 4.73. The molecule has 5 nitrogen and oxygen atoms in total. The van der Waals surface area contributed by atoms with E-state index in [1.54, 1.807) is 0 Å². The number of anilines is 1. The highest BCUT2D eigenvalue weighted by Gasteiger charge is 2.17. The van der Waals surface area contributed by atoms with Crippen molar-refractivity contribution < 1.29 is 14.2 Å². The SMILES string of the molecule is Cl.Cl.c1ccc(N2CCN(CCCOc3ccc4c(c3)OCO4)CC2)cc1. The zero-order chi connectivity index (χ0) is 16.9. The third-order valence-electron chi connectivity index (χ3n) is 4.73. The minimum Gasteiger partial charge on any atom is -0.493 e. The van der Waals surface area contributed by atoms with E-state index in [0.29, 0.717) is 6.79 Å². The van der Waals surface area contributed by atoms with Crippen LogP contribution in [0.25, 0.3) is 0 Å². The maximum atomic E-state index is 5.84. The monoisotopic (exact) mass is 412 g/mol. The summed E-state index contributed by atoms with van der Waals surface area (Å²) in [6.07, 6.45) is 1.03. The number of para-hydroxylation sites is 1. The predicted octanol–water partition coefficient (Wildman–Crippen LogP) is 3.85. The largest absolute Gasteiger partial charge is 0.493 e. The zero-order valence-electron chi connectivity index (χ0n) is 15.2. The van der Waals surface area contributed by atoms with Crippen molar-refractivity contribution in [3.8, 4) is 17.2 Å². The Hall–Kier alpha value is -1.82. The molecule has 0 atom stereocenters. The number of benzene rings is 2. The minimum absolute atomic E-state index is 0. The van der Waals surface area contributed by atoms with Gasteiger partial charge in [0.25, 0.3) is 0 Å². The molecule has 1 fully saturated rings. The van der Waals surface area contributed by atoms with Crippen LogP contribution in [-0.4, -0.2) is 51.0 Å². The summed E-state index contributed by atoms with van der Waals surface area (Å²) >= 11 is 0. The number of nitrogens with zero attached hydrogens (tertiary/aromatic N) is 2. The van der Waals surface area contributed by atoms with Gasteiger partial charge in [0.15, 0.2) is 11.5 Å². The quantitative estimate of drug-likeness (QED) is 0.673. The molecule has 0 aliphatic carbocycles. The topological polar surface area (TPSA) is 34.2 Å². The van der Waals surface area contributed by atoms with E-state index in [4.69, 9.17) is 14.2 Å². The molecular weight excluding hydrogens is 387 g/mol. The Kier molecular flexibility index (Phi) is 8.35. The molecule has 2 aliphatic rings. The molecule has 2 aromatic rings. The lowest BCUT2D eigenvalue weighted by molar-refractivity contribution is 0.173. The van der Waals surface area contributed by atoms with Crippen molar-refractivity contribution in [1.29, 1.82) is 0 Å². The average Bonchev–Trinajstić information content (AvgIpc) is 3.14. The van der Waals surface area contributed by atoms with Gasteiger partial charge in [0.2, 0.25) is 6.79 Å². The van der Waals surface area contributed by atoms with E-state index in [9.17, 15) is 0 Å². The summed E-state index contributed by atoms with van der Waals surface area (Å²) in [5.74, 6) is 2.41. The van der Waals surface area contributed by atoms with E-state index in [0.717, 1.165) is 63.0 Å². The van der Waals surface area contributed by atoms with Gasteiger partial charge in [-0.2, -0.15) is 0 Å². The van der Waals surface area contributed by atoms with Crippen LogP contribution in [0.3, 0.4) is 0 Å². The van der Waals surface area contributed by atoms with E-state index >= 15 is 0 Å². The summed E-state index contributed by atoms with van der Waals surface area (Å²) in [6.45, 7) is 6.50. The van der Waals surface area contributed by atoms with E-state index in [-0.39, 0.29) is 24.8 Å². The molecule has 7 heteroatoms. The van der Waals surface area contributed by atoms with Gasteiger partial charge in [-0.05, 0) is 30.7 Å². The average molecular weight is 413 g/mol. The van der Waals surface area contributed by atoms with Gasteiger partial charge < -0.3 is 19.1 Å². The Labute approximate surface area is 173 Å². The molecule has 0 aromatic heterocycles. The molecule has 1 saturated heterocycles. The van der Waals surface area contributed by atoms with Gasteiger partial charge in [0.1, 0.15) is 5.75 Å². The summed E-state index contributed by atoms with van der Waals surface area (Å²) < 4.78 is 16.5. The number of hydrogen-bond acceptors (Lipinski definition) is 5. The molecule has 148 valence electrons. The molecule has 0 spiro atoms. The zero-order valence-corrected chi connectivity index (χ0v) is 16.8. The van der Waals surface area contributed by atoms with Crippen LogP contribution in [0.2, 0.25) is 0 Å². The number of piperazine rings is 1. The number of hydrogen-bond donors (Lipinski definition) is 0. The van der Waals surface area contributed by atoms with Crippen molar-refractivity contribution in [2.45, 2.75) is 6.42 Å². The highest BCUT2D eigenvalue weighted by molar-refractivity contribution is 5.85. The van der Waals surface area contributed by atoms with Crippen molar-refractivity contribution in [1.82, 2.24) is 4.90 Å². The lowest BCUT2D eigenvalue weighted by atomic mass is 10.2. The van der Waals surface area contributed by atoms with Gasteiger partial charge >= 0.3 is 0 Å². The highest BCUT2D eigenvalue weighted by Crippen LogP contribution is 2.35. The minimum atomic E-state index is 0. The number of halogens is 2. The summed E-state index contributed by atoms with van der Waals surface area (Å²) in [4.78, 5) is 4.97. The molecule has 2 aromatic carbocycles. The first kappa shape index (κ1) is 21.5. The Bertz CT molecular complexity index is 695. The van der Waals surface area contributed by atoms with E-state index < -0.39 is 0 Å². The summed E-state index contributed by atoms with van der Waals surface area (Å²) in [7, 11) is 0. The fourth-order valence-electron chi connectivity index (χ4n) is 3.31. The Morgan fingerprint density at radius 1 is 0.852 bits per heavy atom. The second-order valence-electron chi connectivity index (χ2n) is 6.38. The van der Waals surface area contributed by atoms with Crippen LogP contribution in [0.4, 0.5) is 5.69 Å². The molecule has 0 radical (unpaired) electrons. The Morgan fingerprint density at radius 3 is 2.37 bits per heavy atom. The highest BCUT2D eigenvalue weighted by atomic mass is 35.5. The molecule has 2 aliphatic heterocycles. The normalized spacial score (nSPS) is 15.6. The van der Waals surface area contributed by atoms with Crippen molar-refractivity contribution >= 4 is 30.5 Å². The van der Waals surface area contributed by atoms with Crippen LogP contribution in [-0.2, 0) is 0 Å². The number of ether oxygens (including phenoxy) is 3. The third kappa shape index (κ3) is 5.58. The van der Waals surface area contributed by atoms with Crippen molar-refractivity contribution in [3.63, 3.8) is 0 Å². The molecule has 0 bridgehead atoms. The second-order valence-corrected chi connectivity index (χ2v) is 6.38. The van der Waals surface area contributed by atoms with Gasteiger partial charge in [0, 0.05) is 44.5 Å². The van der Waals surface area contributed by atoms with Crippen LogP contribution < -0.4 is 19.1 Å². The maximum Gasteiger partial charge on any atom is 0.231 e. The first-order valence-electron chi connectivity index (χ1n) is 8.93. The second kappa shape index (κ2) is 10.5. The standard InChI is InChI=1S/C20H24N2O3.2ClH/c1-2-5-17(6-3-1)22-12-10-21(11-13-22)9-4-14-23-18-7-8-19-20(15-18)25-16-24-19;;/h1-3,5-8,15H,4,9-14,16H2;2*1H. The van der Waals surface area contributed by atoms with E-state index in [2.05, 4.69) is 40.1 Å². The molecule has 27 heavy (non-hydrogen) atoms. The molecule has 0 N–H and O–H groups in total. The van der Waals surface area contributed by atoms with E-state index in [1.807, 2.05) is 18.2 Å². The molecule has 4 rings (SSSR count). The summed E-state index contributed by atoms with van der Waals surface area (Å²) in [5, 5.41) is 0. The lowest BCUT2D eigenvalue weighted by Gasteiger charge is -2.36. The van der Waals surface area contributed by atoms with Gasteiger partial charge in [-0.15, -0.1) is 24.8 Å². The molecule has 0 amide bonds. The molecule has 0 unspecified atom stereocenters. The Morgan fingerprint density at radius 2 is 1.59 bits per heavy atom. The van der Waals surface area contributed by atoms with Gasteiger partial charge in [-0.1, -0.05) is 18.2 Å². The first-order chi connectivity index (χ1) is 12.4. The molecule has 2 heterocycles.